The van der Waals surface area contributed by atoms with Crippen molar-refractivity contribution in [3.63, 3.8) is 0 Å². The van der Waals surface area contributed by atoms with Gasteiger partial charge in [0.05, 0.1) is 47.1 Å². The Morgan fingerprint density at radius 3 is 2.22 bits per heavy atom. The lowest BCUT2D eigenvalue weighted by Gasteiger charge is -2.27. The summed E-state index contributed by atoms with van der Waals surface area (Å²) < 4.78 is 21.0. The van der Waals surface area contributed by atoms with Crippen LogP contribution in [0.25, 0.3) is 0 Å². The van der Waals surface area contributed by atoms with Crippen molar-refractivity contribution in [2.45, 2.75) is 12.5 Å². The average molecular weight is 325 g/mol. The van der Waals surface area contributed by atoms with E-state index >= 15 is 0 Å². The van der Waals surface area contributed by atoms with Gasteiger partial charge in [-0.3, -0.25) is 4.79 Å². The van der Waals surface area contributed by atoms with Crippen LogP contribution in [0.1, 0.15) is 18.1 Å². The minimum Gasteiger partial charge on any atom is -0.493 e. The third kappa shape index (κ3) is 4.05. The van der Waals surface area contributed by atoms with Crippen molar-refractivity contribution in [3.05, 3.63) is 17.7 Å². The topological polar surface area (TPSA) is 77.5 Å². The van der Waals surface area contributed by atoms with Gasteiger partial charge >= 0.3 is 0 Å². The van der Waals surface area contributed by atoms with E-state index in [1.54, 1.807) is 17.0 Å². The van der Waals surface area contributed by atoms with Gasteiger partial charge in [0, 0.05) is 13.1 Å². The molecule has 1 amide bonds. The van der Waals surface area contributed by atoms with Crippen molar-refractivity contribution in [3.8, 4) is 17.2 Å². The zero-order valence-electron chi connectivity index (χ0n) is 13.7. The van der Waals surface area contributed by atoms with Crippen LogP contribution in [0.15, 0.2) is 12.1 Å². The molecule has 1 fully saturated rings. The number of carbonyl (C=O) groups excluding carboxylic acids is 1. The van der Waals surface area contributed by atoms with Crippen LogP contribution in [0.5, 0.6) is 17.2 Å². The Kier molecular flexibility index (Phi) is 6.06. The predicted molar refractivity (Wildman–Crippen MR) is 83.1 cm³/mol. The number of nitrogens with zero attached hydrogens (tertiary/aromatic N) is 1. The highest BCUT2D eigenvalue weighted by atomic mass is 16.5. The zero-order valence-corrected chi connectivity index (χ0v) is 13.7. The second-order valence-corrected chi connectivity index (χ2v) is 5.17. The van der Waals surface area contributed by atoms with Crippen molar-refractivity contribution in [1.29, 1.82) is 0 Å². The van der Waals surface area contributed by atoms with Crippen molar-refractivity contribution in [2.75, 3.05) is 47.6 Å². The monoisotopic (exact) mass is 325 g/mol. The summed E-state index contributed by atoms with van der Waals surface area (Å²) in [5, 5.41) is 10.4. The van der Waals surface area contributed by atoms with Crippen molar-refractivity contribution >= 4 is 5.91 Å². The number of morpholine rings is 1. The van der Waals surface area contributed by atoms with Crippen LogP contribution in [0.2, 0.25) is 0 Å². The molecule has 23 heavy (non-hydrogen) atoms. The molecule has 1 aromatic rings. The standard InChI is InChI=1S/C16H23NO6/c1-20-13-8-11(9-14(21-2)16(13)22-3)12(18)10-15(19)17-4-6-23-7-5-17/h8-9,12,18H,4-7,10H2,1-3H3. The van der Waals surface area contributed by atoms with Crippen LogP contribution in [0.3, 0.4) is 0 Å². The number of aliphatic hydroxyl groups excluding tert-OH is 1. The summed E-state index contributed by atoms with van der Waals surface area (Å²) in [6.07, 6.45) is -0.947. The molecule has 7 nitrogen and oxygen atoms in total. The summed E-state index contributed by atoms with van der Waals surface area (Å²) in [5.74, 6) is 1.24. The van der Waals surface area contributed by atoms with Gasteiger partial charge in [-0.1, -0.05) is 0 Å². The fourth-order valence-electron chi connectivity index (χ4n) is 2.52. The highest BCUT2D eigenvalue weighted by Crippen LogP contribution is 2.40. The van der Waals surface area contributed by atoms with E-state index in [4.69, 9.17) is 18.9 Å². The second-order valence-electron chi connectivity index (χ2n) is 5.17. The molecule has 0 aromatic heterocycles. The Morgan fingerprint density at radius 2 is 1.74 bits per heavy atom. The van der Waals surface area contributed by atoms with Crippen LogP contribution < -0.4 is 14.2 Å². The predicted octanol–water partition coefficient (Wildman–Crippen LogP) is 0.995. The number of methoxy groups -OCH3 is 3. The van der Waals surface area contributed by atoms with Crippen molar-refractivity contribution in [2.24, 2.45) is 0 Å². The molecule has 0 radical (unpaired) electrons. The van der Waals surface area contributed by atoms with E-state index in [2.05, 4.69) is 0 Å². The van der Waals surface area contributed by atoms with Crippen LogP contribution >= 0.6 is 0 Å². The smallest absolute Gasteiger partial charge is 0.225 e. The molecule has 1 unspecified atom stereocenters. The first kappa shape index (κ1) is 17.4. The fraction of sp³-hybridized carbons (Fsp3) is 0.562. The summed E-state index contributed by atoms with van der Waals surface area (Å²) in [4.78, 5) is 13.9. The van der Waals surface area contributed by atoms with E-state index in [1.165, 1.54) is 21.3 Å². The average Bonchev–Trinajstić information content (AvgIpc) is 2.60. The molecule has 1 heterocycles. The number of aliphatic hydroxyl groups is 1. The number of amides is 1. The number of rotatable bonds is 6. The summed E-state index contributed by atoms with van der Waals surface area (Å²) in [6, 6.07) is 3.30. The van der Waals surface area contributed by atoms with Crippen LogP contribution in [-0.2, 0) is 9.53 Å². The molecule has 1 saturated heterocycles. The molecule has 1 aromatic carbocycles. The summed E-state index contributed by atoms with van der Waals surface area (Å²) >= 11 is 0. The fourth-order valence-corrected chi connectivity index (χ4v) is 2.52. The van der Waals surface area contributed by atoms with E-state index in [0.29, 0.717) is 49.1 Å². The number of benzene rings is 1. The normalized spacial score (nSPS) is 15.9. The number of hydrogen-bond acceptors (Lipinski definition) is 6. The molecule has 0 aliphatic carbocycles. The zero-order chi connectivity index (χ0) is 16.8. The minimum atomic E-state index is -0.945. The lowest BCUT2D eigenvalue weighted by Crippen LogP contribution is -2.41. The van der Waals surface area contributed by atoms with Crippen LogP contribution in [-0.4, -0.2) is 63.5 Å². The summed E-state index contributed by atoms with van der Waals surface area (Å²) in [6.45, 7) is 2.18. The maximum absolute atomic E-state index is 12.2. The first-order valence-corrected chi connectivity index (χ1v) is 7.44. The van der Waals surface area contributed by atoms with Crippen molar-refractivity contribution < 1.29 is 28.8 Å². The Bertz CT molecular complexity index is 516. The molecule has 1 N–H and O–H groups in total. The van der Waals surface area contributed by atoms with Gasteiger partial charge in [0.25, 0.3) is 0 Å². The molecule has 1 aliphatic rings. The van der Waals surface area contributed by atoms with Crippen molar-refractivity contribution in [1.82, 2.24) is 4.90 Å². The number of hydrogen-bond donors (Lipinski definition) is 1. The maximum atomic E-state index is 12.2. The van der Waals surface area contributed by atoms with Gasteiger partial charge in [0.1, 0.15) is 0 Å². The number of ether oxygens (including phenoxy) is 4. The molecule has 128 valence electrons. The number of carbonyl (C=O) groups is 1. The van der Waals surface area contributed by atoms with E-state index < -0.39 is 6.10 Å². The molecular weight excluding hydrogens is 302 g/mol. The maximum Gasteiger partial charge on any atom is 0.225 e. The highest BCUT2D eigenvalue weighted by Gasteiger charge is 2.23. The quantitative estimate of drug-likeness (QED) is 0.841. The molecule has 1 aliphatic heterocycles. The van der Waals surface area contributed by atoms with Gasteiger partial charge in [-0.15, -0.1) is 0 Å². The van der Waals surface area contributed by atoms with E-state index in [1.807, 2.05) is 0 Å². The summed E-state index contributed by atoms with van der Waals surface area (Å²) in [5.41, 5.74) is 0.543. The third-order valence-corrected chi connectivity index (χ3v) is 3.80. The van der Waals surface area contributed by atoms with Crippen LogP contribution in [0, 0.1) is 0 Å². The van der Waals surface area contributed by atoms with Gasteiger partial charge in [0.15, 0.2) is 11.5 Å². The van der Waals surface area contributed by atoms with Crippen LogP contribution in [0.4, 0.5) is 0 Å². The lowest BCUT2D eigenvalue weighted by molar-refractivity contribution is -0.137. The molecule has 0 bridgehead atoms. The Balaban J connectivity index is 2.14. The van der Waals surface area contributed by atoms with E-state index in [-0.39, 0.29) is 12.3 Å². The van der Waals surface area contributed by atoms with Gasteiger partial charge in [0.2, 0.25) is 11.7 Å². The molecule has 7 heteroatoms. The van der Waals surface area contributed by atoms with E-state index in [0.717, 1.165) is 0 Å². The second kappa shape index (κ2) is 8.03. The van der Waals surface area contributed by atoms with Gasteiger partial charge in [-0.2, -0.15) is 0 Å². The Morgan fingerprint density at radius 1 is 1.17 bits per heavy atom. The Labute approximate surface area is 135 Å². The van der Waals surface area contributed by atoms with Gasteiger partial charge < -0.3 is 29.0 Å². The molecule has 0 spiro atoms. The molecular formula is C16H23NO6. The molecule has 2 rings (SSSR count). The first-order valence-electron chi connectivity index (χ1n) is 7.44. The lowest BCUT2D eigenvalue weighted by atomic mass is 10.0. The molecule has 1 atom stereocenters. The van der Waals surface area contributed by atoms with Gasteiger partial charge in [-0.25, -0.2) is 0 Å². The summed E-state index contributed by atoms with van der Waals surface area (Å²) in [7, 11) is 4.52. The Hall–Kier alpha value is -1.99. The SMILES string of the molecule is COc1cc(C(O)CC(=O)N2CCOCC2)cc(OC)c1OC. The molecule has 0 saturated carbocycles. The van der Waals surface area contributed by atoms with E-state index in [9.17, 15) is 9.90 Å². The largest absolute Gasteiger partial charge is 0.493 e. The highest BCUT2D eigenvalue weighted by molar-refractivity contribution is 5.77. The third-order valence-electron chi connectivity index (χ3n) is 3.80. The first-order chi connectivity index (χ1) is 11.1. The minimum absolute atomic E-state index is 0.00135. The van der Waals surface area contributed by atoms with Gasteiger partial charge in [-0.05, 0) is 17.7 Å².